The Hall–Kier alpha value is -1.98. The number of benzene rings is 1. The van der Waals surface area contributed by atoms with Crippen molar-refractivity contribution < 1.29 is 27.8 Å². The van der Waals surface area contributed by atoms with E-state index in [0.717, 1.165) is 25.3 Å². The molecule has 0 amide bonds. The summed E-state index contributed by atoms with van der Waals surface area (Å²) < 4.78 is 45.8. The highest BCUT2D eigenvalue weighted by Crippen LogP contribution is 2.41. The highest BCUT2D eigenvalue weighted by Gasteiger charge is 2.34. The third kappa shape index (κ3) is 5.05. The Morgan fingerprint density at radius 2 is 1.89 bits per heavy atom. The van der Waals surface area contributed by atoms with Gasteiger partial charge in [-0.3, -0.25) is 4.79 Å². The number of rotatable bonds is 7. The molecule has 3 rings (SSSR count). The number of carboxylic acids is 1. The van der Waals surface area contributed by atoms with Crippen LogP contribution in [0.25, 0.3) is 0 Å². The van der Waals surface area contributed by atoms with Gasteiger partial charge in [0.1, 0.15) is 12.4 Å². The van der Waals surface area contributed by atoms with E-state index in [2.05, 4.69) is 0 Å². The summed E-state index contributed by atoms with van der Waals surface area (Å²) in [6.45, 7) is 0.345. The number of aryl methyl sites for hydroxylation is 1. The van der Waals surface area contributed by atoms with Crippen LogP contribution in [0.5, 0.6) is 5.75 Å². The summed E-state index contributed by atoms with van der Waals surface area (Å²) in [5.41, 5.74) is 1.92. The summed E-state index contributed by atoms with van der Waals surface area (Å²) in [5.74, 6) is -0.281. The van der Waals surface area contributed by atoms with Crippen molar-refractivity contribution in [2.45, 2.75) is 64.0 Å². The maximum absolute atomic E-state index is 13.4. The SMILES string of the molecule is O=C(O)CCc1ccc(OCC2=C(C3CCC3)CCCC2)cc1C(F)(F)F. The summed E-state index contributed by atoms with van der Waals surface area (Å²) in [6, 6.07) is 3.85. The molecule has 0 atom stereocenters. The van der Waals surface area contributed by atoms with E-state index < -0.39 is 17.7 Å². The van der Waals surface area contributed by atoms with Gasteiger partial charge in [0.15, 0.2) is 0 Å². The van der Waals surface area contributed by atoms with Crippen LogP contribution in [-0.2, 0) is 17.4 Å². The number of halogens is 3. The van der Waals surface area contributed by atoms with Gasteiger partial charge < -0.3 is 9.84 Å². The molecule has 0 unspecified atom stereocenters. The van der Waals surface area contributed by atoms with Gasteiger partial charge in [0.25, 0.3) is 0 Å². The van der Waals surface area contributed by atoms with Crippen molar-refractivity contribution in [3.63, 3.8) is 0 Å². The highest BCUT2D eigenvalue weighted by atomic mass is 19.4. The lowest BCUT2D eigenvalue weighted by Gasteiger charge is -2.33. The number of allylic oxidation sites excluding steroid dienone is 1. The predicted octanol–water partition coefficient (Wildman–Crippen LogP) is 5.77. The van der Waals surface area contributed by atoms with E-state index in [1.54, 1.807) is 0 Å². The zero-order valence-electron chi connectivity index (χ0n) is 15.3. The average molecular weight is 382 g/mol. The number of ether oxygens (including phenoxy) is 1. The second-order valence-electron chi connectivity index (χ2n) is 7.46. The molecule has 2 aliphatic rings. The Labute approximate surface area is 157 Å². The van der Waals surface area contributed by atoms with Gasteiger partial charge in [0.05, 0.1) is 5.56 Å². The quantitative estimate of drug-likeness (QED) is 0.609. The van der Waals surface area contributed by atoms with Gasteiger partial charge in [-0.15, -0.1) is 0 Å². The monoisotopic (exact) mass is 382 g/mol. The number of aliphatic carboxylic acids is 1. The topological polar surface area (TPSA) is 46.5 Å². The van der Waals surface area contributed by atoms with E-state index in [-0.39, 0.29) is 24.2 Å². The number of hydrogen-bond acceptors (Lipinski definition) is 2. The first-order valence-electron chi connectivity index (χ1n) is 9.60. The minimum absolute atomic E-state index is 0.00992. The summed E-state index contributed by atoms with van der Waals surface area (Å²) >= 11 is 0. The molecule has 3 nitrogen and oxygen atoms in total. The lowest BCUT2D eigenvalue weighted by Crippen LogP contribution is -2.20. The van der Waals surface area contributed by atoms with Gasteiger partial charge in [-0.2, -0.15) is 13.2 Å². The van der Waals surface area contributed by atoms with Gasteiger partial charge in [-0.25, -0.2) is 0 Å². The van der Waals surface area contributed by atoms with Crippen LogP contribution in [-0.4, -0.2) is 17.7 Å². The van der Waals surface area contributed by atoms with E-state index in [1.807, 2.05) is 0 Å². The van der Waals surface area contributed by atoms with E-state index in [4.69, 9.17) is 9.84 Å². The van der Waals surface area contributed by atoms with Gasteiger partial charge in [0.2, 0.25) is 0 Å². The molecule has 0 spiro atoms. The first kappa shape index (κ1) is 19.8. The second kappa shape index (κ2) is 8.36. The molecule has 1 aromatic rings. The Morgan fingerprint density at radius 3 is 2.52 bits per heavy atom. The fourth-order valence-corrected chi connectivity index (χ4v) is 3.94. The van der Waals surface area contributed by atoms with Crippen molar-refractivity contribution in [3.05, 3.63) is 40.5 Å². The fourth-order valence-electron chi connectivity index (χ4n) is 3.94. The second-order valence-corrected chi connectivity index (χ2v) is 7.46. The van der Waals surface area contributed by atoms with E-state index in [9.17, 15) is 18.0 Å². The Morgan fingerprint density at radius 1 is 1.15 bits per heavy atom. The molecule has 0 heterocycles. The van der Waals surface area contributed by atoms with Crippen molar-refractivity contribution in [2.75, 3.05) is 6.61 Å². The van der Waals surface area contributed by atoms with Crippen LogP contribution in [0.2, 0.25) is 0 Å². The van der Waals surface area contributed by atoms with E-state index in [1.165, 1.54) is 49.0 Å². The van der Waals surface area contributed by atoms with Crippen molar-refractivity contribution in [1.29, 1.82) is 0 Å². The fraction of sp³-hybridized carbons (Fsp3) is 0.571. The first-order valence-corrected chi connectivity index (χ1v) is 9.60. The van der Waals surface area contributed by atoms with Crippen LogP contribution in [0.4, 0.5) is 13.2 Å². The predicted molar refractivity (Wildman–Crippen MR) is 95.7 cm³/mol. The third-order valence-electron chi connectivity index (χ3n) is 5.63. The van der Waals surface area contributed by atoms with Crippen molar-refractivity contribution >= 4 is 5.97 Å². The van der Waals surface area contributed by atoms with Crippen molar-refractivity contribution in [2.24, 2.45) is 5.92 Å². The van der Waals surface area contributed by atoms with Crippen LogP contribution in [0.15, 0.2) is 29.3 Å². The molecule has 2 aliphatic carbocycles. The van der Waals surface area contributed by atoms with Crippen LogP contribution in [0.3, 0.4) is 0 Å². The van der Waals surface area contributed by atoms with Crippen LogP contribution in [0.1, 0.15) is 62.5 Å². The standard InChI is InChI=1S/C21H25F3O3/c22-21(23,24)19-12-17(10-8-15(19)9-11-20(25)26)27-13-16-4-1-2-7-18(16)14-5-3-6-14/h8,10,12,14H,1-7,9,11,13H2,(H,25,26). The molecule has 148 valence electrons. The maximum atomic E-state index is 13.4. The highest BCUT2D eigenvalue weighted by molar-refractivity contribution is 5.67. The molecule has 1 fully saturated rings. The Balaban J connectivity index is 1.74. The number of carbonyl (C=O) groups is 1. The van der Waals surface area contributed by atoms with E-state index in [0.29, 0.717) is 12.5 Å². The summed E-state index contributed by atoms with van der Waals surface area (Å²) in [7, 11) is 0. The molecular weight excluding hydrogens is 357 g/mol. The smallest absolute Gasteiger partial charge is 0.416 e. The lowest BCUT2D eigenvalue weighted by atomic mass is 9.73. The zero-order chi connectivity index (χ0) is 19.4. The molecule has 0 aromatic heterocycles. The molecule has 27 heavy (non-hydrogen) atoms. The zero-order valence-corrected chi connectivity index (χ0v) is 15.3. The van der Waals surface area contributed by atoms with E-state index >= 15 is 0 Å². The number of alkyl halides is 3. The molecule has 0 aliphatic heterocycles. The molecular formula is C21H25F3O3. The van der Waals surface area contributed by atoms with Gasteiger partial charge in [-0.05, 0) is 74.1 Å². The largest absolute Gasteiger partial charge is 0.489 e. The molecule has 1 aromatic carbocycles. The summed E-state index contributed by atoms with van der Waals surface area (Å²) in [4.78, 5) is 10.7. The van der Waals surface area contributed by atoms with Crippen LogP contribution in [0, 0.1) is 5.92 Å². The first-order chi connectivity index (χ1) is 12.8. The molecule has 6 heteroatoms. The minimum atomic E-state index is -4.53. The summed E-state index contributed by atoms with van der Waals surface area (Å²) in [5, 5.41) is 8.74. The van der Waals surface area contributed by atoms with Gasteiger partial charge >= 0.3 is 12.1 Å². The normalized spacial score (nSPS) is 18.3. The molecule has 0 bridgehead atoms. The third-order valence-corrected chi connectivity index (χ3v) is 5.63. The molecule has 0 saturated heterocycles. The van der Waals surface area contributed by atoms with Crippen molar-refractivity contribution in [3.8, 4) is 5.75 Å². The Bertz CT molecular complexity index is 718. The molecule has 1 N–H and O–H groups in total. The Kier molecular flexibility index (Phi) is 6.12. The summed E-state index contributed by atoms with van der Waals surface area (Å²) in [6.07, 6.45) is 3.03. The van der Waals surface area contributed by atoms with Gasteiger partial charge in [-0.1, -0.05) is 18.1 Å². The van der Waals surface area contributed by atoms with Crippen LogP contribution < -0.4 is 4.74 Å². The molecule has 0 radical (unpaired) electrons. The van der Waals surface area contributed by atoms with Crippen LogP contribution >= 0.6 is 0 Å². The minimum Gasteiger partial charge on any atom is -0.489 e. The number of carboxylic acid groups (broad SMARTS) is 1. The van der Waals surface area contributed by atoms with Crippen molar-refractivity contribution in [1.82, 2.24) is 0 Å². The lowest BCUT2D eigenvalue weighted by molar-refractivity contribution is -0.140. The number of hydrogen-bond donors (Lipinski definition) is 1. The average Bonchev–Trinajstić information content (AvgIpc) is 2.57. The van der Waals surface area contributed by atoms with Gasteiger partial charge in [0, 0.05) is 6.42 Å². The molecule has 1 saturated carbocycles. The maximum Gasteiger partial charge on any atom is 0.416 e.